The minimum absolute atomic E-state index is 0.157. The van der Waals surface area contributed by atoms with Crippen molar-refractivity contribution in [2.45, 2.75) is 38.3 Å². The summed E-state index contributed by atoms with van der Waals surface area (Å²) in [5.74, 6) is 1.37. The Morgan fingerprint density at radius 2 is 1.98 bits per heavy atom. The molecule has 1 saturated carbocycles. The number of imidazole rings is 1. The van der Waals surface area contributed by atoms with Crippen LogP contribution in [0.3, 0.4) is 0 Å². The maximum Gasteiger partial charge on any atom is 0.338 e. The summed E-state index contributed by atoms with van der Waals surface area (Å²) in [6.45, 7) is 5.30. The minimum atomic E-state index is -1.03. The molecule has 0 spiro atoms. The van der Waals surface area contributed by atoms with E-state index in [0.717, 1.165) is 30.2 Å². The average molecular weight is 629 g/mol. The zero-order valence-corrected chi connectivity index (χ0v) is 25.4. The summed E-state index contributed by atoms with van der Waals surface area (Å²) in [5.41, 5.74) is 2.78. The van der Waals surface area contributed by atoms with Gasteiger partial charge in [-0.3, -0.25) is 14.6 Å². The van der Waals surface area contributed by atoms with Crippen LogP contribution < -0.4 is 9.47 Å². The molecule has 0 bridgehead atoms. The number of benzene rings is 2. The molecule has 2 fully saturated rings. The first-order chi connectivity index (χ1) is 21.8. The summed E-state index contributed by atoms with van der Waals surface area (Å²) in [6.07, 6.45) is 5.21. The number of hydrogen-bond donors (Lipinski definition) is 0. The Morgan fingerprint density at radius 1 is 1.13 bits per heavy atom. The van der Waals surface area contributed by atoms with Crippen LogP contribution in [0.1, 0.15) is 40.3 Å². The third-order valence-electron chi connectivity index (χ3n) is 9.22. The lowest BCUT2D eigenvalue weighted by atomic mass is 10.0. The number of nitrogens with zero attached hydrogens (tertiary/aromatic N) is 6. The van der Waals surface area contributed by atoms with Gasteiger partial charge in [-0.2, -0.15) is 5.10 Å². The number of pyridine rings is 1. The molecule has 4 atom stereocenters. The molecule has 0 radical (unpaired) electrons. The maximum atomic E-state index is 15.2. The van der Waals surface area contributed by atoms with Crippen molar-refractivity contribution in [3.63, 3.8) is 0 Å². The van der Waals surface area contributed by atoms with Crippen molar-refractivity contribution in [2.24, 2.45) is 11.8 Å². The molecule has 3 aliphatic rings. The SMILES string of the molecule is COC(=O)c1cc(F)c2nc(CN3C[C@@H]4[C@H](C3)[C@@H]4c3cccc4c3OC(C)(c3ccc(Cl)cn3)O4)n(CCn3cccn3)c2c1. The predicted molar refractivity (Wildman–Crippen MR) is 163 cm³/mol. The van der Waals surface area contributed by atoms with Gasteiger partial charge in [0.05, 0.1) is 36.3 Å². The number of ether oxygens (including phenoxy) is 3. The Balaban J connectivity index is 1.02. The van der Waals surface area contributed by atoms with Crippen LogP contribution in [0.4, 0.5) is 4.39 Å². The number of likely N-dealkylation sites (tertiary alicyclic amines) is 1. The average Bonchev–Trinajstić information content (AvgIpc) is 3.57. The van der Waals surface area contributed by atoms with E-state index < -0.39 is 17.6 Å². The summed E-state index contributed by atoms with van der Waals surface area (Å²) in [7, 11) is 1.29. The quantitative estimate of drug-likeness (QED) is 0.211. The van der Waals surface area contributed by atoms with E-state index in [1.807, 2.05) is 46.6 Å². The summed E-state index contributed by atoms with van der Waals surface area (Å²) in [5, 5.41) is 4.86. The molecule has 1 unspecified atom stereocenters. The van der Waals surface area contributed by atoms with Gasteiger partial charge in [0.15, 0.2) is 17.3 Å². The fourth-order valence-corrected chi connectivity index (χ4v) is 7.15. The number of carbonyl (C=O) groups is 1. The van der Waals surface area contributed by atoms with E-state index in [9.17, 15) is 4.79 Å². The largest absolute Gasteiger partial charge is 0.465 e. The van der Waals surface area contributed by atoms with Crippen LogP contribution >= 0.6 is 11.6 Å². The summed E-state index contributed by atoms with van der Waals surface area (Å²) < 4.78 is 36.6. The highest BCUT2D eigenvalue weighted by Crippen LogP contribution is 2.62. The Morgan fingerprint density at radius 3 is 2.71 bits per heavy atom. The van der Waals surface area contributed by atoms with Crippen LogP contribution in [-0.2, 0) is 30.2 Å². The molecular weight excluding hydrogens is 599 g/mol. The molecule has 10 nitrogen and oxygen atoms in total. The second kappa shape index (κ2) is 10.6. The van der Waals surface area contributed by atoms with Crippen molar-refractivity contribution in [1.82, 2.24) is 29.2 Å². The van der Waals surface area contributed by atoms with Crippen molar-refractivity contribution in [3.8, 4) is 11.5 Å². The molecule has 45 heavy (non-hydrogen) atoms. The molecule has 0 amide bonds. The number of fused-ring (bicyclic) bond motifs is 3. The van der Waals surface area contributed by atoms with Gasteiger partial charge in [0, 0.05) is 50.7 Å². The molecule has 0 N–H and O–H groups in total. The number of rotatable bonds is 8. The van der Waals surface area contributed by atoms with E-state index in [1.165, 1.54) is 13.2 Å². The zero-order chi connectivity index (χ0) is 30.9. The molecule has 12 heteroatoms. The molecule has 5 aromatic rings. The Bertz CT molecular complexity index is 1920. The van der Waals surface area contributed by atoms with Gasteiger partial charge in [0.1, 0.15) is 17.0 Å². The monoisotopic (exact) mass is 628 g/mol. The van der Waals surface area contributed by atoms with Crippen molar-refractivity contribution in [1.29, 1.82) is 0 Å². The molecule has 2 aromatic carbocycles. The number of piperidine rings is 1. The van der Waals surface area contributed by atoms with Gasteiger partial charge in [-0.05, 0) is 54.2 Å². The molecule has 5 heterocycles. The van der Waals surface area contributed by atoms with Crippen LogP contribution in [-0.4, -0.2) is 55.4 Å². The summed E-state index contributed by atoms with van der Waals surface area (Å²) in [4.78, 5) is 23.8. The molecule has 8 rings (SSSR count). The van der Waals surface area contributed by atoms with E-state index >= 15 is 4.39 Å². The van der Waals surface area contributed by atoms with Gasteiger partial charge < -0.3 is 18.8 Å². The van der Waals surface area contributed by atoms with E-state index in [2.05, 4.69) is 21.0 Å². The third-order valence-corrected chi connectivity index (χ3v) is 9.44. The molecule has 1 saturated heterocycles. The van der Waals surface area contributed by atoms with Crippen molar-refractivity contribution in [3.05, 3.63) is 101 Å². The molecular formula is C33H30ClFN6O4. The number of methoxy groups -OCH3 is 1. The summed E-state index contributed by atoms with van der Waals surface area (Å²) >= 11 is 6.05. The smallest absolute Gasteiger partial charge is 0.338 e. The second-order valence-corrected chi connectivity index (χ2v) is 12.4. The van der Waals surface area contributed by atoms with Gasteiger partial charge in [0.25, 0.3) is 5.79 Å². The number of aromatic nitrogens is 5. The van der Waals surface area contributed by atoms with Crippen LogP contribution in [0.15, 0.2) is 67.1 Å². The number of halogens is 2. The fourth-order valence-electron chi connectivity index (χ4n) is 7.03. The lowest BCUT2D eigenvalue weighted by Gasteiger charge is -2.23. The van der Waals surface area contributed by atoms with E-state index in [1.54, 1.807) is 24.5 Å². The molecule has 3 aromatic heterocycles. The number of carbonyl (C=O) groups excluding carboxylic acids is 1. The lowest BCUT2D eigenvalue weighted by Crippen LogP contribution is -2.32. The Labute approximate surface area is 263 Å². The minimum Gasteiger partial charge on any atom is -0.465 e. The summed E-state index contributed by atoms with van der Waals surface area (Å²) in [6, 6.07) is 14.4. The first kappa shape index (κ1) is 28.0. The molecule has 230 valence electrons. The fraction of sp³-hybridized carbons (Fsp3) is 0.333. The van der Waals surface area contributed by atoms with Crippen molar-refractivity contribution in [2.75, 3.05) is 20.2 Å². The molecule has 1 aliphatic carbocycles. The number of hydrogen-bond acceptors (Lipinski definition) is 8. The second-order valence-electron chi connectivity index (χ2n) is 12.0. The van der Waals surface area contributed by atoms with Crippen LogP contribution in [0.2, 0.25) is 5.02 Å². The first-order valence-corrected chi connectivity index (χ1v) is 15.3. The van der Waals surface area contributed by atoms with Gasteiger partial charge in [-0.1, -0.05) is 23.7 Å². The predicted octanol–water partition coefficient (Wildman–Crippen LogP) is 5.40. The normalized spacial score (nSPS) is 23.4. The van der Waals surface area contributed by atoms with Crippen LogP contribution in [0.25, 0.3) is 11.0 Å². The number of aryl methyl sites for hydroxylation is 2. The van der Waals surface area contributed by atoms with E-state index in [4.69, 9.17) is 30.8 Å². The van der Waals surface area contributed by atoms with Crippen molar-refractivity contribution < 1.29 is 23.4 Å². The van der Waals surface area contributed by atoms with Crippen molar-refractivity contribution >= 4 is 28.6 Å². The topological polar surface area (TPSA) is 96.5 Å². The third kappa shape index (κ3) is 4.81. The molecule has 2 aliphatic heterocycles. The van der Waals surface area contributed by atoms with Crippen LogP contribution in [0.5, 0.6) is 11.5 Å². The zero-order valence-electron chi connectivity index (χ0n) is 24.7. The maximum absolute atomic E-state index is 15.2. The first-order valence-electron chi connectivity index (χ1n) is 14.9. The highest BCUT2D eigenvalue weighted by molar-refractivity contribution is 6.30. The Kier molecular flexibility index (Phi) is 6.58. The lowest BCUT2D eigenvalue weighted by molar-refractivity contribution is -0.0721. The standard InChI is InChI=1S/C33H30ClFN6O4/c1-33(27-8-7-20(34)15-36-27)44-26-6-3-5-21(31(26)45-33)29-22-16-39(17-23(22)29)18-28-38-30-24(35)13-19(32(42)43-2)14-25(30)41(28)12-11-40-10-4-9-37-40/h3-10,13-15,22-23,29H,11-12,16-18H2,1-2H3/t22-,23+,29-,33?. The van der Waals surface area contributed by atoms with Gasteiger partial charge >= 0.3 is 5.97 Å². The van der Waals surface area contributed by atoms with Gasteiger partial charge in [0.2, 0.25) is 0 Å². The van der Waals surface area contributed by atoms with Crippen LogP contribution in [0, 0.1) is 17.7 Å². The number of esters is 1. The van der Waals surface area contributed by atoms with E-state index in [0.29, 0.717) is 59.4 Å². The Hall–Kier alpha value is -4.48. The van der Waals surface area contributed by atoms with E-state index in [-0.39, 0.29) is 11.1 Å². The highest BCUT2D eigenvalue weighted by atomic mass is 35.5. The number of para-hydroxylation sites is 1. The van der Waals surface area contributed by atoms with Gasteiger partial charge in [-0.15, -0.1) is 0 Å². The van der Waals surface area contributed by atoms with Gasteiger partial charge in [-0.25, -0.2) is 14.2 Å². The highest BCUT2D eigenvalue weighted by Gasteiger charge is 2.58.